The number of carbonyl (C=O) groups excluding carboxylic acids is 1. The number of carbonyl (C=O) groups is 1. The minimum atomic E-state index is 0.479. The van der Waals surface area contributed by atoms with Crippen LogP contribution in [0.4, 0.5) is 0 Å². The van der Waals surface area contributed by atoms with Gasteiger partial charge in [-0.15, -0.1) is 0 Å². The number of hydrogen-bond donors (Lipinski definition) is 0. The predicted octanol–water partition coefficient (Wildman–Crippen LogP) is 3.13. The molecule has 1 aliphatic heterocycles. The molecule has 0 aromatic heterocycles. The van der Waals surface area contributed by atoms with Gasteiger partial charge in [-0.25, -0.2) is 0 Å². The Kier molecular flexibility index (Phi) is 4.86. The van der Waals surface area contributed by atoms with E-state index in [1.807, 2.05) is 11.8 Å². The van der Waals surface area contributed by atoms with Gasteiger partial charge in [-0.1, -0.05) is 13.8 Å². The van der Waals surface area contributed by atoms with E-state index in [2.05, 4.69) is 13.8 Å². The number of Topliss-reactive ketones (excluding diaryl/α,β-unsaturated/α-hetero) is 1. The SMILES string of the molecule is CC(C)CC(=O)CC1CCSCC1. The molecule has 0 bridgehead atoms. The molecular formula is C11H20OS. The van der Waals surface area contributed by atoms with Crippen molar-refractivity contribution in [1.82, 2.24) is 0 Å². The fourth-order valence-electron chi connectivity index (χ4n) is 1.81. The minimum Gasteiger partial charge on any atom is -0.300 e. The summed E-state index contributed by atoms with van der Waals surface area (Å²) >= 11 is 2.03. The molecule has 76 valence electrons. The molecule has 1 fully saturated rings. The molecule has 0 atom stereocenters. The highest BCUT2D eigenvalue weighted by atomic mass is 32.2. The fraction of sp³-hybridized carbons (Fsp3) is 0.909. The van der Waals surface area contributed by atoms with Gasteiger partial charge in [0.25, 0.3) is 0 Å². The zero-order valence-corrected chi connectivity index (χ0v) is 9.53. The van der Waals surface area contributed by atoms with Crippen LogP contribution in [0.5, 0.6) is 0 Å². The van der Waals surface area contributed by atoms with Crippen LogP contribution in [0.15, 0.2) is 0 Å². The molecule has 1 aliphatic rings. The molecule has 1 heterocycles. The Morgan fingerprint density at radius 3 is 2.54 bits per heavy atom. The van der Waals surface area contributed by atoms with E-state index < -0.39 is 0 Å². The summed E-state index contributed by atoms with van der Waals surface area (Å²) in [5.74, 6) is 4.24. The van der Waals surface area contributed by atoms with Gasteiger partial charge in [0.2, 0.25) is 0 Å². The number of thioether (sulfide) groups is 1. The first kappa shape index (κ1) is 11.1. The van der Waals surface area contributed by atoms with Gasteiger partial charge in [0.05, 0.1) is 0 Å². The zero-order chi connectivity index (χ0) is 9.68. The summed E-state index contributed by atoms with van der Waals surface area (Å²) in [5.41, 5.74) is 0. The van der Waals surface area contributed by atoms with Crippen molar-refractivity contribution in [3.8, 4) is 0 Å². The second kappa shape index (κ2) is 5.69. The van der Waals surface area contributed by atoms with Crippen LogP contribution in [0, 0.1) is 11.8 Å². The Morgan fingerprint density at radius 1 is 1.38 bits per heavy atom. The molecule has 0 aromatic carbocycles. The topological polar surface area (TPSA) is 17.1 Å². The number of ketones is 1. The molecule has 1 saturated heterocycles. The van der Waals surface area contributed by atoms with Crippen LogP contribution in [0.1, 0.15) is 39.5 Å². The second-order valence-electron chi connectivity index (χ2n) is 4.40. The van der Waals surface area contributed by atoms with E-state index in [1.165, 1.54) is 24.3 Å². The highest BCUT2D eigenvalue weighted by Crippen LogP contribution is 2.26. The van der Waals surface area contributed by atoms with Gasteiger partial charge >= 0.3 is 0 Å². The van der Waals surface area contributed by atoms with Gasteiger partial charge in [-0.3, -0.25) is 4.79 Å². The van der Waals surface area contributed by atoms with Crippen LogP contribution in [-0.4, -0.2) is 17.3 Å². The van der Waals surface area contributed by atoms with E-state index in [9.17, 15) is 4.79 Å². The van der Waals surface area contributed by atoms with E-state index in [4.69, 9.17) is 0 Å². The van der Waals surface area contributed by atoms with E-state index in [0.29, 0.717) is 17.6 Å². The molecule has 0 amide bonds. The molecule has 0 spiro atoms. The van der Waals surface area contributed by atoms with Crippen molar-refractivity contribution in [2.24, 2.45) is 11.8 Å². The predicted molar refractivity (Wildman–Crippen MR) is 59.1 cm³/mol. The second-order valence-corrected chi connectivity index (χ2v) is 5.62. The van der Waals surface area contributed by atoms with Crippen molar-refractivity contribution >= 4 is 17.5 Å². The van der Waals surface area contributed by atoms with E-state index >= 15 is 0 Å². The lowest BCUT2D eigenvalue weighted by atomic mass is 9.93. The first-order chi connectivity index (χ1) is 6.18. The normalized spacial score (nSPS) is 19.3. The van der Waals surface area contributed by atoms with Crippen LogP contribution in [0.25, 0.3) is 0 Å². The summed E-state index contributed by atoms with van der Waals surface area (Å²) in [5, 5.41) is 0. The first-order valence-electron chi connectivity index (χ1n) is 5.28. The molecule has 1 rings (SSSR count). The third kappa shape index (κ3) is 4.70. The molecule has 0 radical (unpaired) electrons. The molecule has 0 aliphatic carbocycles. The number of rotatable bonds is 4. The maximum absolute atomic E-state index is 11.5. The quantitative estimate of drug-likeness (QED) is 0.693. The molecule has 13 heavy (non-hydrogen) atoms. The minimum absolute atomic E-state index is 0.479. The van der Waals surface area contributed by atoms with Crippen molar-refractivity contribution in [1.29, 1.82) is 0 Å². The Hall–Kier alpha value is 0.0200. The van der Waals surface area contributed by atoms with Crippen molar-refractivity contribution in [2.45, 2.75) is 39.5 Å². The van der Waals surface area contributed by atoms with Crippen molar-refractivity contribution in [3.63, 3.8) is 0 Å². The van der Waals surface area contributed by atoms with E-state index in [1.54, 1.807) is 0 Å². The van der Waals surface area contributed by atoms with Gasteiger partial charge in [0.1, 0.15) is 5.78 Å². The van der Waals surface area contributed by atoms with E-state index in [0.717, 1.165) is 12.8 Å². The Labute approximate surface area is 85.7 Å². The third-order valence-electron chi connectivity index (χ3n) is 2.49. The van der Waals surface area contributed by atoms with Gasteiger partial charge in [-0.2, -0.15) is 11.8 Å². The van der Waals surface area contributed by atoms with Crippen LogP contribution < -0.4 is 0 Å². The van der Waals surface area contributed by atoms with Gasteiger partial charge in [-0.05, 0) is 36.2 Å². The highest BCUT2D eigenvalue weighted by Gasteiger charge is 2.17. The Morgan fingerprint density at radius 2 is 2.00 bits per heavy atom. The molecule has 1 nitrogen and oxygen atoms in total. The molecule has 0 aromatic rings. The lowest BCUT2D eigenvalue weighted by Gasteiger charge is -2.20. The molecule has 2 heteroatoms. The van der Waals surface area contributed by atoms with Crippen LogP contribution >= 0.6 is 11.8 Å². The highest BCUT2D eigenvalue weighted by molar-refractivity contribution is 7.99. The van der Waals surface area contributed by atoms with Crippen molar-refractivity contribution < 1.29 is 4.79 Å². The zero-order valence-electron chi connectivity index (χ0n) is 8.71. The summed E-state index contributed by atoms with van der Waals surface area (Å²) in [6.45, 7) is 4.24. The standard InChI is InChI=1S/C11H20OS/c1-9(2)7-11(12)8-10-3-5-13-6-4-10/h9-10H,3-8H2,1-2H3. The van der Waals surface area contributed by atoms with Crippen molar-refractivity contribution in [2.75, 3.05) is 11.5 Å². The summed E-state index contributed by atoms with van der Waals surface area (Å²) in [7, 11) is 0. The summed E-state index contributed by atoms with van der Waals surface area (Å²) in [6.07, 6.45) is 4.14. The molecule has 0 unspecified atom stereocenters. The van der Waals surface area contributed by atoms with Crippen LogP contribution in [0.3, 0.4) is 0 Å². The largest absolute Gasteiger partial charge is 0.300 e. The van der Waals surface area contributed by atoms with Gasteiger partial charge in [0.15, 0.2) is 0 Å². The first-order valence-corrected chi connectivity index (χ1v) is 6.43. The number of hydrogen-bond acceptors (Lipinski definition) is 2. The fourth-order valence-corrected chi connectivity index (χ4v) is 3.02. The maximum atomic E-state index is 11.5. The summed E-state index contributed by atoms with van der Waals surface area (Å²) in [4.78, 5) is 11.5. The van der Waals surface area contributed by atoms with E-state index in [-0.39, 0.29) is 0 Å². The van der Waals surface area contributed by atoms with Crippen LogP contribution in [-0.2, 0) is 4.79 Å². The average Bonchev–Trinajstić information content (AvgIpc) is 2.04. The third-order valence-corrected chi connectivity index (χ3v) is 3.54. The molecule has 0 N–H and O–H groups in total. The summed E-state index contributed by atoms with van der Waals surface area (Å²) < 4.78 is 0. The van der Waals surface area contributed by atoms with Gasteiger partial charge in [0, 0.05) is 12.8 Å². The Balaban J connectivity index is 2.18. The lowest BCUT2D eigenvalue weighted by molar-refractivity contribution is -0.120. The molecular weight excluding hydrogens is 180 g/mol. The molecule has 0 saturated carbocycles. The smallest absolute Gasteiger partial charge is 0.133 e. The van der Waals surface area contributed by atoms with Gasteiger partial charge < -0.3 is 0 Å². The lowest BCUT2D eigenvalue weighted by Crippen LogP contribution is -2.15. The van der Waals surface area contributed by atoms with Crippen LogP contribution in [0.2, 0.25) is 0 Å². The maximum Gasteiger partial charge on any atom is 0.133 e. The average molecular weight is 200 g/mol. The monoisotopic (exact) mass is 200 g/mol. The summed E-state index contributed by atoms with van der Waals surface area (Å²) in [6, 6.07) is 0. The van der Waals surface area contributed by atoms with Crippen molar-refractivity contribution in [3.05, 3.63) is 0 Å². The Bertz CT molecular complexity index is 159.